The minimum atomic E-state index is -0.460. The van der Waals surface area contributed by atoms with Crippen molar-refractivity contribution in [1.82, 2.24) is 0 Å². The molecule has 0 saturated heterocycles. The Bertz CT molecular complexity index is 512. The Morgan fingerprint density at radius 2 is 1.79 bits per heavy atom. The summed E-state index contributed by atoms with van der Waals surface area (Å²) in [5.74, 6) is 0.596. The molecule has 1 aromatic rings. The third kappa shape index (κ3) is 7.99. The minimum Gasteiger partial charge on any atom is -0.497 e. The number of hydrogen-bond donors (Lipinski definition) is 0. The van der Waals surface area contributed by atoms with Crippen molar-refractivity contribution in [3.05, 3.63) is 24.3 Å². The van der Waals surface area contributed by atoms with Crippen molar-refractivity contribution < 1.29 is 23.8 Å². The molecule has 1 atom stereocenters. The van der Waals surface area contributed by atoms with Crippen LogP contribution in [0.3, 0.4) is 0 Å². The largest absolute Gasteiger partial charge is 0.497 e. The number of hydrogen-bond acceptors (Lipinski definition) is 5. The number of methoxy groups -OCH3 is 1. The van der Waals surface area contributed by atoms with Crippen LogP contribution in [0.25, 0.3) is 0 Å². The van der Waals surface area contributed by atoms with E-state index in [2.05, 4.69) is 13.8 Å². The van der Waals surface area contributed by atoms with Crippen molar-refractivity contribution in [1.29, 1.82) is 0 Å². The number of rotatable bonds is 11. The van der Waals surface area contributed by atoms with Gasteiger partial charge >= 0.3 is 11.9 Å². The number of benzene rings is 1. The Balaban J connectivity index is 2.29. The summed E-state index contributed by atoms with van der Waals surface area (Å²) in [5, 5.41) is 0. The van der Waals surface area contributed by atoms with Gasteiger partial charge < -0.3 is 14.2 Å². The molecule has 0 heterocycles. The Hall–Kier alpha value is -2.04. The van der Waals surface area contributed by atoms with E-state index < -0.39 is 5.97 Å². The van der Waals surface area contributed by atoms with E-state index in [9.17, 15) is 9.59 Å². The van der Waals surface area contributed by atoms with Gasteiger partial charge in [0.15, 0.2) is 0 Å². The molecule has 0 aliphatic rings. The van der Waals surface area contributed by atoms with Crippen LogP contribution in [0.5, 0.6) is 11.5 Å². The van der Waals surface area contributed by atoms with Crippen molar-refractivity contribution in [2.45, 2.75) is 52.4 Å². The van der Waals surface area contributed by atoms with Crippen LogP contribution in [-0.4, -0.2) is 25.7 Å². The van der Waals surface area contributed by atoms with Crippen LogP contribution in [0.4, 0.5) is 0 Å². The van der Waals surface area contributed by atoms with E-state index >= 15 is 0 Å². The van der Waals surface area contributed by atoms with Crippen LogP contribution in [0, 0.1) is 5.92 Å². The molecule has 5 nitrogen and oxygen atoms in total. The van der Waals surface area contributed by atoms with Crippen LogP contribution < -0.4 is 9.47 Å². The van der Waals surface area contributed by atoms with Gasteiger partial charge in [0, 0.05) is 6.07 Å². The topological polar surface area (TPSA) is 61.8 Å². The molecule has 24 heavy (non-hydrogen) atoms. The molecule has 0 aromatic heterocycles. The highest BCUT2D eigenvalue weighted by atomic mass is 16.5. The third-order valence-electron chi connectivity index (χ3n) is 3.83. The smallest absolute Gasteiger partial charge is 0.311 e. The molecule has 5 heteroatoms. The standard InChI is InChI=1S/C19H28O5/c1-4-6-8-15(5-2)14-23-18(20)11-12-19(21)24-17-10-7-9-16(13-17)22-3/h7,9-10,13,15H,4-6,8,11-12,14H2,1-3H3. The molecule has 1 unspecified atom stereocenters. The quantitative estimate of drug-likeness (QED) is 0.449. The number of unbranched alkanes of at least 4 members (excludes halogenated alkanes) is 1. The van der Waals surface area contributed by atoms with Crippen LogP contribution >= 0.6 is 0 Å². The lowest BCUT2D eigenvalue weighted by molar-refractivity contribution is -0.148. The molecule has 1 aromatic carbocycles. The van der Waals surface area contributed by atoms with Gasteiger partial charge in [-0.1, -0.05) is 39.2 Å². The summed E-state index contributed by atoms with van der Waals surface area (Å²) in [4.78, 5) is 23.5. The Kier molecular flexibility index (Phi) is 9.58. The predicted octanol–water partition coefficient (Wildman–Crippen LogP) is 4.14. The highest BCUT2D eigenvalue weighted by molar-refractivity contribution is 5.79. The van der Waals surface area contributed by atoms with Gasteiger partial charge in [0.05, 0.1) is 26.6 Å². The first kappa shape index (κ1) is 20.0. The molecule has 1 rings (SSSR count). The maximum atomic E-state index is 11.8. The number of carbonyl (C=O) groups is 2. The minimum absolute atomic E-state index is 0.00178. The van der Waals surface area contributed by atoms with Crippen LogP contribution in [-0.2, 0) is 14.3 Å². The van der Waals surface area contributed by atoms with E-state index in [0.29, 0.717) is 24.0 Å². The molecule has 134 valence electrons. The number of carbonyl (C=O) groups excluding carboxylic acids is 2. The van der Waals surface area contributed by atoms with Gasteiger partial charge in [-0.3, -0.25) is 9.59 Å². The lowest BCUT2D eigenvalue weighted by Gasteiger charge is -2.14. The summed E-state index contributed by atoms with van der Waals surface area (Å²) in [5.41, 5.74) is 0. The van der Waals surface area contributed by atoms with Gasteiger partial charge in [-0.25, -0.2) is 0 Å². The lowest BCUT2D eigenvalue weighted by atomic mass is 10.0. The molecular weight excluding hydrogens is 308 g/mol. The van der Waals surface area contributed by atoms with E-state index in [0.717, 1.165) is 25.7 Å². The first-order valence-electron chi connectivity index (χ1n) is 8.59. The molecule has 0 saturated carbocycles. The highest BCUT2D eigenvalue weighted by Gasteiger charge is 2.13. The molecule has 0 amide bonds. The Labute approximate surface area is 144 Å². The van der Waals surface area contributed by atoms with Crippen LogP contribution in [0.1, 0.15) is 52.4 Å². The molecule has 0 radical (unpaired) electrons. The summed E-state index contributed by atoms with van der Waals surface area (Å²) in [6, 6.07) is 6.78. The monoisotopic (exact) mass is 336 g/mol. The maximum Gasteiger partial charge on any atom is 0.311 e. The fourth-order valence-electron chi connectivity index (χ4n) is 2.23. The average Bonchev–Trinajstić information content (AvgIpc) is 2.60. The summed E-state index contributed by atoms with van der Waals surface area (Å²) in [7, 11) is 1.54. The van der Waals surface area contributed by atoms with Crippen molar-refractivity contribution in [2.75, 3.05) is 13.7 Å². The maximum absolute atomic E-state index is 11.8. The predicted molar refractivity (Wildman–Crippen MR) is 92.1 cm³/mol. The molecule has 0 aliphatic heterocycles. The Morgan fingerprint density at radius 3 is 2.46 bits per heavy atom. The molecular formula is C19H28O5. The summed E-state index contributed by atoms with van der Waals surface area (Å²) in [6.07, 6.45) is 4.38. The van der Waals surface area contributed by atoms with E-state index in [1.807, 2.05) is 0 Å². The van der Waals surface area contributed by atoms with Crippen molar-refractivity contribution in [2.24, 2.45) is 5.92 Å². The van der Waals surface area contributed by atoms with Gasteiger partial charge in [-0.15, -0.1) is 0 Å². The van der Waals surface area contributed by atoms with E-state index in [4.69, 9.17) is 14.2 Å². The zero-order chi connectivity index (χ0) is 17.8. The second kappa shape index (κ2) is 11.5. The molecule has 0 aliphatic carbocycles. The zero-order valence-electron chi connectivity index (χ0n) is 14.9. The van der Waals surface area contributed by atoms with Gasteiger partial charge in [-0.2, -0.15) is 0 Å². The highest BCUT2D eigenvalue weighted by Crippen LogP contribution is 2.19. The van der Waals surface area contributed by atoms with Crippen molar-refractivity contribution in [3.63, 3.8) is 0 Å². The molecule has 0 fully saturated rings. The van der Waals surface area contributed by atoms with Crippen molar-refractivity contribution in [3.8, 4) is 11.5 Å². The first-order chi connectivity index (χ1) is 11.6. The van der Waals surface area contributed by atoms with E-state index in [1.54, 1.807) is 31.4 Å². The van der Waals surface area contributed by atoms with Gasteiger partial charge in [0.25, 0.3) is 0 Å². The summed E-state index contributed by atoms with van der Waals surface area (Å²) in [6.45, 7) is 4.67. The van der Waals surface area contributed by atoms with Gasteiger partial charge in [-0.05, 0) is 24.5 Å². The van der Waals surface area contributed by atoms with Crippen LogP contribution in [0.2, 0.25) is 0 Å². The summed E-state index contributed by atoms with van der Waals surface area (Å²) < 4.78 is 15.5. The average molecular weight is 336 g/mol. The number of esters is 2. The fraction of sp³-hybridized carbons (Fsp3) is 0.579. The Morgan fingerprint density at radius 1 is 1.08 bits per heavy atom. The van der Waals surface area contributed by atoms with E-state index in [-0.39, 0.29) is 18.8 Å². The van der Waals surface area contributed by atoms with Gasteiger partial charge in [0.1, 0.15) is 11.5 Å². The SMILES string of the molecule is CCCCC(CC)COC(=O)CCC(=O)Oc1cccc(OC)c1. The lowest BCUT2D eigenvalue weighted by Crippen LogP contribution is -2.16. The third-order valence-corrected chi connectivity index (χ3v) is 3.83. The molecule has 0 spiro atoms. The normalized spacial score (nSPS) is 11.6. The first-order valence-corrected chi connectivity index (χ1v) is 8.59. The number of ether oxygens (including phenoxy) is 3. The fourth-order valence-corrected chi connectivity index (χ4v) is 2.23. The van der Waals surface area contributed by atoms with Crippen LogP contribution in [0.15, 0.2) is 24.3 Å². The van der Waals surface area contributed by atoms with Gasteiger partial charge in [0.2, 0.25) is 0 Å². The van der Waals surface area contributed by atoms with Crippen molar-refractivity contribution >= 4 is 11.9 Å². The zero-order valence-corrected chi connectivity index (χ0v) is 14.9. The second-order valence-corrected chi connectivity index (χ2v) is 5.75. The summed E-state index contributed by atoms with van der Waals surface area (Å²) >= 11 is 0. The second-order valence-electron chi connectivity index (χ2n) is 5.75. The molecule has 0 N–H and O–H groups in total. The van der Waals surface area contributed by atoms with E-state index in [1.165, 1.54) is 0 Å². The molecule has 0 bridgehead atoms.